The Hall–Kier alpha value is -2.66. The van der Waals surface area contributed by atoms with E-state index in [4.69, 9.17) is 11.0 Å². The van der Waals surface area contributed by atoms with E-state index in [0.29, 0.717) is 36.5 Å². The number of nitrogens with two attached hydrogens (primary N) is 1. The van der Waals surface area contributed by atoms with Crippen LogP contribution in [0, 0.1) is 11.3 Å². The van der Waals surface area contributed by atoms with Crippen LogP contribution in [0.3, 0.4) is 0 Å². The van der Waals surface area contributed by atoms with Gasteiger partial charge in [0.2, 0.25) is 11.9 Å². The first-order valence-corrected chi connectivity index (χ1v) is 8.89. The van der Waals surface area contributed by atoms with Crippen molar-refractivity contribution >= 4 is 22.9 Å². The number of nitrogens with zero attached hydrogens (tertiary/aromatic N) is 5. The van der Waals surface area contributed by atoms with Crippen LogP contribution in [0.5, 0.6) is 0 Å². The third kappa shape index (κ3) is 2.88. The number of fused-ring (bicyclic) bond motifs is 1. The Balaban J connectivity index is 1.73. The van der Waals surface area contributed by atoms with E-state index in [2.05, 4.69) is 11.1 Å². The second-order valence-electron chi connectivity index (χ2n) is 6.96. The van der Waals surface area contributed by atoms with Crippen molar-refractivity contribution in [2.45, 2.75) is 31.6 Å². The van der Waals surface area contributed by atoms with Crippen molar-refractivity contribution in [1.29, 1.82) is 5.26 Å². The van der Waals surface area contributed by atoms with Gasteiger partial charge in [0.05, 0.1) is 28.7 Å². The standard InChI is InChI=1S/C18H21FN6O/c19-13-4-7-24(10-14(13)21)18-22-15-8-12(9-20)2-3-16(15)25(18)11-17(26)23-5-1-6-23/h2-3,8,13-14H,1,4-7,10-11,21H2/t13-,14+/m0/s1. The van der Waals surface area contributed by atoms with Crippen molar-refractivity contribution in [2.75, 3.05) is 31.1 Å². The number of rotatable bonds is 3. The molecule has 8 heteroatoms. The highest BCUT2D eigenvalue weighted by Crippen LogP contribution is 2.27. The Morgan fingerprint density at radius 3 is 2.85 bits per heavy atom. The highest BCUT2D eigenvalue weighted by molar-refractivity contribution is 5.84. The lowest BCUT2D eigenvalue weighted by atomic mass is 10.1. The van der Waals surface area contributed by atoms with E-state index in [-0.39, 0.29) is 12.5 Å². The lowest BCUT2D eigenvalue weighted by Gasteiger charge is -2.35. The number of hydrogen-bond acceptors (Lipinski definition) is 5. The zero-order valence-electron chi connectivity index (χ0n) is 14.4. The van der Waals surface area contributed by atoms with Crippen LogP contribution in [-0.4, -0.2) is 58.8 Å². The number of likely N-dealkylation sites (tertiary alicyclic amines) is 1. The summed E-state index contributed by atoms with van der Waals surface area (Å²) in [7, 11) is 0. The number of carbonyl (C=O) groups excluding carboxylic acids is 1. The SMILES string of the molecule is N#Cc1ccc2c(c1)nc(N1CC[C@H](F)[C@H](N)C1)n2CC(=O)N1CCC1. The number of hydrogen-bond donors (Lipinski definition) is 1. The molecular weight excluding hydrogens is 335 g/mol. The maximum atomic E-state index is 13.8. The first-order chi connectivity index (χ1) is 12.6. The van der Waals surface area contributed by atoms with Gasteiger partial charge in [0.15, 0.2) is 0 Å². The van der Waals surface area contributed by atoms with E-state index >= 15 is 0 Å². The number of piperidine rings is 1. The molecule has 0 unspecified atom stereocenters. The molecule has 1 aromatic carbocycles. The van der Waals surface area contributed by atoms with Gasteiger partial charge in [0.1, 0.15) is 12.7 Å². The number of anilines is 1. The highest BCUT2D eigenvalue weighted by atomic mass is 19.1. The average molecular weight is 356 g/mol. The number of benzene rings is 1. The molecule has 0 spiro atoms. The van der Waals surface area contributed by atoms with E-state index < -0.39 is 12.2 Å². The van der Waals surface area contributed by atoms with Crippen LogP contribution in [0.15, 0.2) is 18.2 Å². The van der Waals surface area contributed by atoms with Crippen molar-refractivity contribution < 1.29 is 9.18 Å². The summed E-state index contributed by atoms with van der Waals surface area (Å²) in [4.78, 5) is 20.9. The molecule has 2 saturated heterocycles. The summed E-state index contributed by atoms with van der Waals surface area (Å²) < 4.78 is 15.6. The second-order valence-corrected chi connectivity index (χ2v) is 6.96. The molecule has 2 aliphatic rings. The molecular formula is C18H21FN6O. The third-order valence-corrected chi connectivity index (χ3v) is 5.21. The molecule has 0 saturated carbocycles. The number of carbonyl (C=O) groups is 1. The van der Waals surface area contributed by atoms with Crippen molar-refractivity contribution in [2.24, 2.45) is 5.73 Å². The topological polar surface area (TPSA) is 91.2 Å². The molecule has 0 aliphatic carbocycles. The summed E-state index contributed by atoms with van der Waals surface area (Å²) in [6, 6.07) is 6.79. The molecule has 2 N–H and O–H groups in total. The van der Waals surface area contributed by atoms with Gasteiger partial charge in [-0.15, -0.1) is 0 Å². The maximum Gasteiger partial charge on any atom is 0.242 e. The predicted molar refractivity (Wildman–Crippen MR) is 95.3 cm³/mol. The number of amides is 1. The minimum atomic E-state index is -1.02. The highest BCUT2D eigenvalue weighted by Gasteiger charge is 2.30. The summed E-state index contributed by atoms with van der Waals surface area (Å²) in [5.74, 6) is 0.664. The molecule has 2 aliphatic heterocycles. The normalized spacial score (nSPS) is 23.0. The van der Waals surface area contributed by atoms with E-state index in [0.717, 1.165) is 25.0 Å². The monoisotopic (exact) mass is 356 g/mol. The Morgan fingerprint density at radius 2 is 2.19 bits per heavy atom. The van der Waals surface area contributed by atoms with E-state index in [1.807, 2.05) is 20.4 Å². The molecule has 1 amide bonds. The number of aromatic nitrogens is 2. The largest absolute Gasteiger partial charge is 0.341 e. The number of alkyl halides is 1. The lowest BCUT2D eigenvalue weighted by molar-refractivity contribution is -0.135. The number of imidazole rings is 1. The molecule has 4 rings (SSSR count). The van der Waals surface area contributed by atoms with Crippen molar-refractivity contribution in [1.82, 2.24) is 14.5 Å². The number of halogens is 1. The van der Waals surface area contributed by atoms with E-state index in [1.54, 1.807) is 12.1 Å². The van der Waals surface area contributed by atoms with Crippen LogP contribution in [0.2, 0.25) is 0 Å². The zero-order chi connectivity index (χ0) is 18.3. The molecule has 3 heterocycles. The Bertz CT molecular complexity index is 884. The molecule has 136 valence electrons. The maximum absolute atomic E-state index is 13.8. The Kier molecular flexibility index (Phi) is 4.24. The van der Waals surface area contributed by atoms with Gasteiger partial charge < -0.3 is 20.1 Å². The molecule has 7 nitrogen and oxygen atoms in total. The predicted octanol–water partition coefficient (Wildman–Crippen LogP) is 1.02. The number of nitriles is 1. The van der Waals surface area contributed by atoms with Crippen LogP contribution in [0.4, 0.5) is 10.3 Å². The van der Waals surface area contributed by atoms with Crippen molar-refractivity contribution in [3.63, 3.8) is 0 Å². The van der Waals surface area contributed by atoms with Gasteiger partial charge in [0.25, 0.3) is 0 Å². The van der Waals surface area contributed by atoms with Gasteiger partial charge in [-0.25, -0.2) is 9.37 Å². The third-order valence-electron chi connectivity index (χ3n) is 5.21. The van der Waals surface area contributed by atoms with Crippen LogP contribution >= 0.6 is 0 Å². The first-order valence-electron chi connectivity index (χ1n) is 8.89. The fourth-order valence-electron chi connectivity index (χ4n) is 3.52. The van der Waals surface area contributed by atoms with Gasteiger partial charge in [-0.05, 0) is 31.0 Å². The van der Waals surface area contributed by atoms with Gasteiger partial charge in [0, 0.05) is 26.2 Å². The molecule has 26 heavy (non-hydrogen) atoms. The first kappa shape index (κ1) is 16.8. The van der Waals surface area contributed by atoms with Gasteiger partial charge in [-0.3, -0.25) is 4.79 Å². The smallest absolute Gasteiger partial charge is 0.242 e. The van der Waals surface area contributed by atoms with Crippen LogP contribution in [0.1, 0.15) is 18.4 Å². The molecule has 2 atom stereocenters. The Morgan fingerprint density at radius 1 is 1.38 bits per heavy atom. The van der Waals surface area contributed by atoms with Gasteiger partial charge in [-0.1, -0.05) is 0 Å². The summed E-state index contributed by atoms with van der Waals surface area (Å²) in [6.45, 7) is 2.62. The van der Waals surface area contributed by atoms with Gasteiger partial charge >= 0.3 is 0 Å². The van der Waals surface area contributed by atoms with Crippen molar-refractivity contribution in [3.05, 3.63) is 23.8 Å². The van der Waals surface area contributed by atoms with E-state index in [1.165, 1.54) is 0 Å². The summed E-state index contributed by atoms with van der Waals surface area (Å²) in [6.07, 6.45) is 0.360. The van der Waals surface area contributed by atoms with Crippen LogP contribution in [-0.2, 0) is 11.3 Å². The minimum absolute atomic E-state index is 0.0471. The Labute approximate surface area is 150 Å². The lowest BCUT2D eigenvalue weighted by Crippen LogP contribution is -2.50. The van der Waals surface area contributed by atoms with E-state index in [9.17, 15) is 9.18 Å². The minimum Gasteiger partial charge on any atom is -0.341 e. The summed E-state index contributed by atoms with van der Waals surface area (Å²) in [5, 5.41) is 9.13. The average Bonchev–Trinajstić information content (AvgIpc) is 2.93. The van der Waals surface area contributed by atoms with Crippen molar-refractivity contribution in [3.8, 4) is 6.07 Å². The molecule has 2 aromatic rings. The molecule has 1 aromatic heterocycles. The summed E-state index contributed by atoms with van der Waals surface area (Å²) in [5.41, 5.74) is 7.87. The summed E-state index contributed by atoms with van der Waals surface area (Å²) >= 11 is 0. The van der Waals surface area contributed by atoms with Gasteiger partial charge in [-0.2, -0.15) is 5.26 Å². The zero-order valence-corrected chi connectivity index (χ0v) is 14.4. The molecule has 0 bridgehead atoms. The van der Waals surface area contributed by atoms with Crippen LogP contribution in [0.25, 0.3) is 11.0 Å². The molecule has 0 radical (unpaired) electrons. The second kappa shape index (κ2) is 6.57. The quantitative estimate of drug-likeness (QED) is 0.886. The fourth-order valence-corrected chi connectivity index (χ4v) is 3.52. The van der Waals surface area contributed by atoms with Crippen LogP contribution < -0.4 is 10.6 Å². The molecule has 2 fully saturated rings. The fraction of sp³-hybridized carbons (Fsp3) is 0.500.